The van der Waals surface area contributed by atoms with Gasteiger partial charge in [0.15, 0.2) is 0 Å². The van der Waals surface area contributed by atoms with Crippen molar-refractivity contribution in [3.05, 3.63) is 125 Å². The third-order valence-electron chi connectivity index (χ3n) is 6.10. The second kappa shape index (κ2) is 13.3. The molecular formula is C31H30ClN3O4S. The first kappa shape index (κ1) is 28.9. The Balaban J connectivity index is 1.41. The Morgan fingerprint density at radius 1 is 0.925 bits per heavy atom. The van der Waals surface area contributed by atoms with E-state index in [4.69, 9.17) is 16.3 Å². The molecule has 0 aliphatic rings. The molecule has 0 radical (unpaired) electrons. The molecule has 0 saturated heterocycles. The zero-order chi connectivity index (χ0) is 28.5. The predicted molar refractivity (Wildman–Crippen MR) is 159 cm³/mol. The topological polar surface area (TPSA) is 88.1 Å². The van der Waals surface area contributed by atoms with Gasteiger partial charge in [-0.1, -0.05) is 74.0 Å². The van der Waals surface area contributed by atoms with E-state index in [-0.39, 0.29) is 10.8 Å². The molecule has 4 rings (SSSR count). The number of halogens is 1. The number of ether oxygens (including phenoxy) is 1. The summed E-state index contributed by atoms with van der Waals surface area (Å²) in [5.41, 5.74) is 5.50. The number of benzene rings is 4. The summed E-state index contributed by atoms with van der Waals surface area (Å²) in [5, 5.41) is 4.65. The highest BCUT2D eigenvalue weighted by molar-refractivity contribution is 7.92. The van der Waals surface area contributed by atoms with E-state index in [1.165, 1.54) is 18.3 Å². The van der Waals surface area contributed by atoms with Crippen molar-refractivity contribution in [2.45, 2.75) is 31.3 Å². The average molecular weight is 576 g/mol. The fourth-order valence-corrected chi connectivity index (χ4v) is 5.46. The smallest absolute Gasteiger partial charge is 0.264 e. The van der Waals surface area contributed by atoms with Crippen LogP contribution >= 0.6 is 11.6 Å². The molecule has 0 spiro atoms. The molecule has 1 N–H and O–H groups in total. The third-order valence-corrected chi connectivity index (χ3v) is 8.26. The van der Waals surface area contributed by atoms with Gasteiger partial charge < -0.3 is 4.74 Å². The minimum absolute atomic E-state index is 0.0936. The number of hydrogen-bond donors (Lipinski definition) is 1. The number of rotatable bonds is 11. The second-order valence-corrected chi connectivity index (χ2v) is 11.6. The number of nitrogens with one attached hydrogen (secondary N) is 1. The standard InChI is InChI=1S/C31H30ClN3O4S/c1-23(2)25-14-16-27(17-15-25)35(40(37,38)29-9-4-3-5-10-29)21-31(36)34-33-20-24-12-18-28(19-13-24)39-22-26-8-6-7-11-30(26)32/h3-20,23H,21-22H2,1-2H3,(H,34,36)/b33-20-. The highest BCUT2D eigenvalue weighted by Crippen LogP contribution is 2.26. The molecule has 40 heavy (non-hydrogen) atoms. The van der Waals surface area contributed by atoms with E-state index in [2.05, 4.69) is 24.4 Å². The fraction of sp³-hybridized carbons (Fsp3) is 0.161. The maximum absolute atomic E-state index is 13.5. The Morgan fingerprint density at radius 3 is 2.23 bits per heavy atom. The van der Waals surface area contributed by atoms with Crippen molar-refractivity contribution in [3.8, 4) is 5.75 Å². The van der Waals surface area contributed by atoms with Crippen molar-refractivity contribution in [1.29, 1.82) is 0 Å². The first-order valence-electron chi connectivity index (χ1n) is 12.7. The van der Waals surface area contributed by atoms with E-state index >= 15 is 0 Å². The van der Waals surface area contributed by atoms with E-state index < -0.39 is 22.5 Å². The van der Waals surface area contributed by atoms with E-state index in [1.54, 1.807) is 54.6 Å². The Morgan fingerprint density at radius 2 is 1.57 bits per heavy atom. The zero-order valence-electron chi connectivity index (χ0n) is 22.2. The van der Waals surface area contributed by atoms with Crippen LogP contribution in [0.2, 0.25) is 5.02 Å². The van der Waals surface area contributed by atoms with Crippen molar-refractivity contribution in [2.75, 3.05) is 10.8 Å². The van der Waals surface area contributed by atoms with Crippen molar-refractivity contribution >= 4 is 39.4 Å². The van der Waals surface area contributed by atoms with Gasteiger partial charge in [-0.3, -0.25) is 9.10 Å². The number of hydrazone groups is 1. The van der Waals surface area contributed by atoms with Gasteiger partial charge in [0.2, 0.25) is 0 Å². The molecule has 0 aliphatic carbocycles. The van der Waals surface area contributed by atoms with Gasteiger partial charge >= 0.3 is 0 Å². The van der Waals surface area contributed by atoms with Crippen LogP contribution in [0.3, 0.4) is 0 Å². The van der Waals surface area contributed by atoms with Gasteiger partial charge in [-0.05, 0) is 71.6 Å². The molecule has 9 heteroatoms. The minimum atomic E-state index is -3.99. The normalized spacial score (nSPS) is 11.5. The molecule has 0 aliphatic heterocycles. The number of nitrogens with zero attached hydrogens (tertiary/aromatic N) is 2. The molecule has 4 aromatic rings. The molecule has 0 aromatic heterocycles. The minimum Gasteiger partial charge on any atom is -0.489 e. The van der Waals surface area contributed by atoms with Crippen LogP contribution in [0.4, 0.5) is 5.69 Å². The van der Waals surface area contributed by atoms with Crippen molar-refractivity contribution in [3.63, 3.8) is 0 Å². The first-order valence-corrected chi connectivity index (χ1v) is 14.5. The summed E-state index contributed by atoms with van der Waals surface area (Å²) in [7, 11) is -3.99. The summed E-state index contributed by atoms with van der Waals surface area (Å²) in [6.07, 6.45) is 1.48. The fourth-order valence-electron chi connectivity index (χ4n) is 3.83. The molecule has 0 saturated carbocycles. The van der Waals surface area contributed by atoms with Gasteiger partial charge in [0, 0.05) is 10.6 Å². The van der Waals surface area contributed by atoms with Gasteiger partial charge in [-0.15, -0.1) is 0 Å². The Kier molecular flexibility index (Phi) is 9.58. The van der Waals surface area contributed by atoms with E-state index in [0.717, 1.165) is 21.0 Å². The lowest BCUT2D eigenvalue weighted by molar-refractivity contribution is -0.119. The van der Waals surface area contributed by atoms with E-state index in [9.17, 15) is 13.2 Å². The lowest BCUT2D eigenvalue weighted by Crippen LogP contribution is -2.39. The Labute approximate surface area is 240 Å². The lowest BCUT2D eigenvalue weighted by atomic mass is 10.0. The second-order valence-electron chi connectivity index (χ2n) is 9.31. The van der Waals surface area contributed by atoms with Crippen LogP contribution in [0.15, 0.2) is 113 Å². The van der Waals surface area contributed by atoms with Crippen LogP contribution in [0.5, 0.6) is 5.75 Å². The molecular weight excluding hydrogens is 546 g/mol. The van der Waals surface area contributed by atoms with Crippen molar-refractivity contribution < 1.29 is 17.9 Å². The summed E-state index contributed by atoms with van der Waals surface area (Å²) < 4.78 is 33.8. The van der Waals surface area contributed by atoms with Crippen LogP contribution in [0.1, 0.15) is 36.5 Å². The number of hydrogen-bond acceptors (Lipinski definition) is 5. The van der Waals surface area contributed by atoms with Gasteiger partial charge in [-0.2, -0.15) is 5.10 Å². The van der Waals surface area contributed by atoms with Gasteiger partial charge in [0.1, 0.15) is 18.9 Å². The first-order chi connectivity index (χ1) is 19.2. The Hall–Kier alpha value is -4.14. The highest BCUT2D eigenvalue weighted by atomic mass is 35.5. The van der Waals surface area contributed by atoms with Gasteiger partial charge in [-0.25, -0.2) is 13.8 Å². The van der Waals surface area contributed by atoms with Crippen molar-refractivity contribution in [2.24, 2.45) is 5.10 Å². The van der Waals surface area contributed by atoms with Crippen LogP contribution in [0.25, 0.3) is 0 Å². The molecule has 0 unspecified atom stereocenters. The van der Waals surface area contributed by atoms with Gasteiger partial charge in [0.25, 0.3) is 15.9 Å². The van der Waals surface area contributed by atoms with Crippen molar-refractivity contribution in [1.82, 2.24) is 5.43 Å². The number of sulfonamides is 1. The summed E-state index contributed by atoms with van der Waals surface area (Å²) >= 11 is 6.17. The van der Waals surface area contributed by atoms with Crippen LogP contribution in [-0.4, -0.2) is 27.1 Å². The number of carbonyl (C=O) groups is 1. The highest BCUT2D eigenvalue weighted by Gasteiger charge is 2.27. The molecule has 7 nitrogen and oxygen atoms in total. The summed E-state index contributed by atoms with van der Waals surface area (Å²) in [4.78, 5) is 12.9. The summed E-state index contributed by atoms with van der Waals surface area (Å²) in [6, 6.07) is 29.8. The third kappa shape index (κ3) is 7.49. The lowest BCUT2D eigenvalue weighted by Gasteiger charge is -2.24. The number of anilines is 1. The quantitative estimate of drug-likeness (QED) is 0.166. The van der Waals surface area contributed by atoms with E-state index in [1.807, 2.05) is 36.4 Å². The maximum atomic E-state index is 13.5. The average Bonchev–Trinajstić information content (AvgIpc) is 2.96. The zero-order valence-corrected chi connectivity index (χ0v) is 23.8. The SMILES string of the molecule is CC(C)c1ccc(N(CC(=O)N/N=C\c2ccc(OCc3ccccc3Cl)cc2)S(=O)(=O)c2ccccc2)cc1. The summed E-state index contributed by atoms with van der Waals surface area (Å²) in [5.74, 6) is 0.364. The predicted octanol–water partition coefficient (Wildman–Crippen LogP) is 6.39. The van der Waals surface area contributed by atoms with Gasteiger partial charge in [0.05, 0.1) is 16.8 Å². The molecule has 206 valence electrons. The molecule has 0 heterocycles. The largest absolute Gasteiger partial charge is 0.489 e. The molecule has 0 bridgehead atoms. The summed E-state index contributed by atoms with van der Waals surface area (Å²) in [6.45, 7) is 4.01. The van der Waals surface area contributed by atoms with Crippen LogP contribution < -0.4 is 14.5 Å². The Bertz CT molecular complexity index is 1560. The molecule has 4 aromatic carbocycles. The van der Waals surface area contributed by atoms with Crippen LogP contribution in [0, 0.1) is 0 Å². The molecule has 1 amide bonds. The number of amides is 1. The monoisotopic (exact) mass is 575 g/mol. The molecule has 0 atom stereocenters. The number of carbonyl (C=O) groups excluding carboxylic acids is 1. The van der Waals surface area contributed by atoms with E-state index in [0.29, 0.717) is 23.1 Å². The molecule has 0 fully saturated rings. The van der Waals surface area contributed by atoms with Crippen LogP contribution in [-0.2, 0) is 21.4 Å². The maximum Gasteiger partial charge on any atom is 0.264 e.